The van der Waals surface area contributed by atoms with Crippen LogP contribution >= 0.6 is 12.2 Å². The van der Waals surface area contributed by atoms with Crippen LogP contribution in [-0.2, 0) is 4.79 Å². The van der Waals surface area contributed by atoms with Crippen molar-refractivity contribution in [3.05, 3.63) is 29.8 Å². The zero-order valence-corrected chi connectivity index (χ0v) is 15.8. The maximum absolute atomic E-state index is 12.3. The highest BCUT2D eigenvalue weighted by atomic mass is 32.1. The van der Waals surface area contributed by atoms with Crippen LogP contribution in [0.15, 0.2) is 24.3 Å². The predicted molar refractivity (Wildman–Crippen MR) is 105 cm³/mol. The Morgan fingerprint density at radius 3 is 2.28 bits per heavy atom. The largest absolute Gasteiger partial charge is 0.339 e. The van der Waals surface area contributed by atoms with Crippen LogP contribution in [0.5, 0.6) is 0 Å². The molecule has 1 aliphatic carbocycles. The molecule has 0 spiro atoms. The summed E-state index contributed by atoms with van der Waals surface area (Å²) in [5.74, 6) is 0.481. The van der Waals surface area contributed by atoms with Crippen molar-refractivity contribution in [2.24, 2.45) is 5.92 Å². The maximum atomic E-state index is 12.3. The molecule has 0 radical (unpaired) electrons. The minimum absolute atomic E-state index is 0.0176. The van der Waals surface area contributed by atoms with Crippen LogP contribution < -0.4 is 10.6 Å². The molecule has 0 bridgehead atoms. The quantitative estimate of drug-likeness (QED) is 0.761. The molecular formula is C19H27N3O2S. The lowest BCUT2D eigenvalue weighted by Crippen LogP contribution is -2.35. The zero-order chi connectivity index (χ0) is 18.2. The molecule has 2 rings (SSSR count). The lowest BCUT2D eigenvalue weighted by atomic mass is 10.0. The monoisotopic (exact) mass is 361 g/mol. The minimum atomic E-state index is -0.0299. The Hall–Kier alpha value is -1.95. The number of carbonyl (C=O) groups is 2. The number of nitrogens with zero attached hydrogens (tertiary/aromatic N) is 1. The highest BCUT2D eigenvalue weighted by Crippen LogP contribution is 2.27. The first-order chi connectivity index (χ1) is 12.0. The molecule has 0 aromatic heterocycles. The molecule has 0 atom stereocenters. The summed E-state index contributed by atoms with van der Waals surface area (Å²) >= 11 is 5.20. The fourth-order valence-corrected chi connectivity index (χ4v) is 3.44. The van der Waals surface area contributed by atoms with Crippen molar-refractivity contribution in [2.45, 2.75) is 46.0 Å². The highest BCUT2D eigenvalue weighted by molar-refractivity contribution is 7.80. The van der Waals surface area contributed by atoms with Gasteiger partial charge in [-0.1, -0.05) is 12.8 Å². The van der Waals surface area contributed by atoms with E-state index in [1.54, 1.807) is 29.2 Å². The van der Waals surface area contributed by atoms with Gasteiger partial charge in [-0.2, -0.15) is 0 Å². The number of amides is 2. The average Bonchev–Trinajstić information content (AvgIpc) is 3.09. The number of hydrogen-bond acceptors (Lipinski definition) is 3. The van der Waals surface area contributed by atoms with Crippen molar-refractivity contribution in [3.63, 3.8) is 0 Å². The molecule has 0 heterocycles. The summed E-state index contributed by atoms with van der Waals surface area (Å²) in [4.78, 5) is 26.0. The summed E-state index contributed by atoms with van der Waals surface area (Å²) in [6.07, 6.45) is 5.25. The van der Waals surface area contributed by atoms with Gasteiger partial charge in [0.05, 0.1) is 0 Å². The smallest absolute Gasteiger partial charge is 0.253 e. The first kappa shape index (κ1) is 19.4. The summed E-state index contributed by atoms with van der Waals surface area (Å²) in [6.45, 7) is 5.30. The molecular weight excluding hydrogens is 334 g/mol. The number of anilines is 1. The number of rotatable bonds is 6. The predicted octanol–water partition coefficient (Wildman–Crippen LogP) is 3.56. The molecule has 25 heavy (non-hydrogen) atoms. The first-order valence-corrected chi connectivity index (χ1v) is 9.44. The molecule has 2 amide bonds. The van der Waals surface area contributed by atoms with E-state index in [0.717, 1.165) is 18.5 Å². The van der Waals surface area contributed by atoms with Crippen LogP contribution in [-0.4, -0.2) is 34.9 Å². The normalized spacial score (nSPS) is 14.2. The van der Waals surface area contributed by atoms with E-state index in [9.17, 15) is 9.59 Å². The van der Waals surface area contributed by atoms with Gasteiger partial charge in [0.15, 0.2) is 5.11 Å². The molecule has 1 aromatic rings. The van der Waals surface area contributed by atoms with E-state index in [-0.39, 0.29) is 11.8 Å². The molecule has 1 aliphatic rings. The van der Waals surface area contributed by atoms with E-state index in [0.29, 0.717) is 36.1 Å². The molecule has 136 valence electrons. The summed E-state index contributed by atoms with van der Waals surface area (Å²) in [5, 5.41) is 6.03. The maximum Gasteiger partial charge on any atom is 0.253 e. The van der Waals surface area contributed by atoms with Gasteiger partial charge in [-0.25, -0.2) is 0 Å². The Morgan fingerprint density at radius 2 is 1.72 bits per heavy atom. The fourth-order valence-electron chi connectivity index (χ4n) is 3.21. The second kappa shape index (κ2) is 9.51. The number of hydrogen-bond donors (Lipinski definition) is 2. The Kier molecular flexibility index (Phi) is 7.37. The van der Waals surface area contributed by atoms with Gasteiger partial charge < -0.3 is 15.5 Å². The third-order valence-electron chi connectivity index (χ3n) is 4.64. The Balaban J connectivity index is 1.84. The highest BCUT2D eigenvalue weighted by Gasteiger charge is 2.19. The van der Waals surface area contributed by atoms with Crippen LogP contribution in [0.2, 0.25) is 0 Å². The minimum Gasteiger partial charge on any atom is -0.339 e. The Labute approximate surface area is 155 Å². The lowest BCUT2D eigenvalue weighted by Gasteiger charge is -2.18. The van der Waals surface area contributed by atoms with Crippen molar-refractivity contribution in [1.29, 1.82) is 0 Å². The SMILES string of the molecule is CCN(CC)C(=O)c1ccc(NC(=S)NC(=O)CC2CCCC2)cc1. The van der Waals surface area contributed by atoms with E-state index in [4.69, 9.17) is 12.2 Å². The second-order valence-electron chi connectivity index (χ2n) is 6.41. The second-order valence-corrected chi connectivity index (χ2v) is 6.82. The molecule has 5 nitrogen and oxygen atoms in total. The lowest BCUT2D eigenvalue weighted by molar-refractivity contribution is -0.120. The molecule has 0 saturated heterocycles. The van der Waals surface area contributed by atoms with Gasteiger partial charge in [-0.15, -0.1) is 0 Å². The zero-order valence-electron chi connectivity index (χ0n) is 15.0. The van der Waals surface area contributed by atoms with Crippen LogP contribution in [0.4, 0.5) is 5.69 Å². The van der Waals surface area contributed by atoms with Crippen molar-refractivity contribution >= 4 is 34.8 Å². The van der Waals surface area contributed by atoms with Gasteiger partial charge in [0.25, 0.3) is 5.91 Å². The van der Waals surface area contributed by atoms with E-state index in [1.807, 2.05) is 13.8 Å². The standard InChI is InChI=1S/C19H27N3O2S/c1-3-22(4-2)18(24)15-9-11-16(12-10-15)20-19(25)21-17(23)13-14-7-5-6-8-14/h9-12,14H,3-8,13H2,1-2H3,(H2,20,21,23,25). The topological polar surface area (TPSA) is 61.4 Å². The summed E-state index contributed by atoms with van der Waals surface area (Å²) in [7, 11) is 0. The van der Waals surface area contributed by atoms with Gasteiger partial charge in [0.1, 0.15) is 0 Å². The van der Waals surface area contributed by atoms with E-state index in [1.165, 1.54) is 12.8 Å². The fraction of sp³-hybridized carbons (Fsp3) is 0.526. The first-order valence-electron chi connectivity index (χ1n) is 9.03. The third-order valence-corrected chi connectivity index (χ3v) is 4.85. The molecule has 6 heteroatoms. The van der Waals surface area contributed by atoms with Crippen molar-refractivity contribution in [1.82, 2.24) is 10.2 Å². The van der Waals surface area contributed by atoms with E-state index >= 15 is 0 Å². The summed E-state index contributed by atoms with van der Waals surface area (Å²) in [6, 6.07) is 7.14. The Morgan fingerprint density at radius 1 is 1.12 bits per heavy atom. The van der Waals surface area contributed by atoms with Gasteiger partial charge >= 0.3 is 0 Å². The molecule has 0 unspecified atom stereocenters. The van der Waals surface area contributed by atoms with Crippen molar-refractivity contribution < 1.29 is 9.59 Å². The van der Waals surface area contributed by atoms with Crippen LogP contribution in [0.3, 0.4) is 0 Å². The van der Waals surface area contributed by atoms with Gasteiger partial charge in [0, 0.05) is 30.8 Å². The van der Waals surface area contributed by atoms with E-state index in [2.05, 4.69) is 10.6 Å². The van der Waals surface area contributed by atoms with E-state index < -0.39 is 0 Å². The van der Waals surface area contributed by atoms with Gasteiger partial charge in [-0.05, 0) is 69.1 Å². The molecule has 0 aliphatic heterocycles. The molecule has 2 N–H and O–H groups in total. The van der Waals surface area contributed by atoms with Gasteiger partial charge in [0.2, 0.25) is 5.91 Å². The van der Waals surface area contributed by atoms with Gasteiger partial charge in [-0.3, -0.25) is 9.59 Å². The Bertz CT molecular complexity index is 606. The number of thiocarbonyl (C=S) groups is 1. The van der Waals surface area contributed by atoms with Crippen molar-refractivity contribution in [2.75, 3.05) is 18.4 Å². The van der Waals surface area contributed by atoms with Crippen LogP contribution in [0.25, 0.3) is 0 Å². The number of carbonyl (C=O) groups excluding carboxylic acids is 2. The van der Waals surface area contributed by atoms with Crippen LogP contribution in [0.1, 0.15) is 56.3 Å². The number of benzene rings is 1. The number of nitrogens with one attached hydrogen (secondary N) is 2. The summed E-state index contributed by atoms with van der Waals surface area (Å²) < 4.78 is 0. The molecule has 1 fully saturated rings. The van der Waals surface area contributed by atoms with Crippen molar-refractivity contribution in [3.8, 4) is 0 Å². The summed E-state index contributed by atoms with van der Waals surface area (Å²) in [5.41, 5.74) is 1.40. The molecule has 1 saturated carbocycles. The molecule has 1 aromatic carbocycles. The third kappa shape index (κ3) is 5.81. The average molecular weight is 362 g/mol. The van der Waals surface area contributed by atoms with Crippen LogP contribution in [0, 0.1) is 5.92 Å².